The SMILES string of the molecule is CC#N.CC#N.N[C@@H](CC(=O)O)C(=O)O. The van der Waals surface area contributed by atoms with Gasteiger partial charge in [-0.15, -0.1) is 0 Å². The second-order valence-electron chi connectivity index (χ2n) is 1.99. The number of carboxylic acid groups (broad SMARTS) is 2. The lowest BCUT2D eigenvalue weighted by atomic mass is 10.2. The minimum absolute atomic E-state index is 0.532. The summed E-state index contributed by atoms with van der Waals surface area (Å²) < 4.78 is 0. The van der Waals surface area contributed by atoms with Crippen molar-refractivity contribution in [3.63, 3.8) is 0 Å². The van der Waals surface area contributed by atoms with Crippen LogP contribution in [0.2, 0.25) is 0 Å². The minimum Gasteiger partial charge on any atom is -0.481 e. The van der Waals surface area contributed by atoms with Crippen molar-refractivity contribution in [1.82, 2.24) is 0 Å². The van der Waals surface area contributed by atoms with Gasteiger partial charge in [0, 0.05) is 13.8 Å². The van der Waals surface area contributed by atoms with Gasteiger partial charge >= 0.3 is 11.9 Å². The van der Waals surface area contributed by atoms with Crippen molar-refractivity contribution in [1.29, 1.82) is 10.5 Å². The summed E-state index contributed by atoms with van der Waals surface area (Å²) in [5.74, 6) is -2.50. The first-order chi connectivity index (χ1) is 6.87. The van der Waals surface area contributed by atoms with E-state index in [0.29, 0.717) is 0 Å². The second kappa shape index (κ2) is 14.4. The average molecular weight is 215 g/mol. The number of carboxylic acids is 2. The Labute approximate surface area is 87.3 Å². The lowest BCUT2D eigenvalue weighted by Crippen LogP contribution is -2.32. The Morgan fingerprint density at radius 2 is 1.53 bits per heavy atom. The van der Waals surface area contributed by atoms with E-state index in [-0.39, 0.29) is 0 Å². The highest BCUT2D eigenvalue weighted by atomic mass is 16.4. The van der Waals surface area contributed by atoms with E-state index in [1.54, 1.807) is 12.1 Å². The van der Waals surface area contributed by atoms with Gasteiger partial charge in [0.15, 0.2) is 0 Å². The van der Waals surface area contributed by atoms with Gasteiger partial charge in [-0.05, 0) is 0 Å². The van der Waals surface area contributed by atoms with E-state index in [9.17, 15) is 9.59 Å². The summed E-state index contributed by atoms with van der Waals surface area (Å²) in [4.78, 5) is 19.6. The Bertz CT molecular complexity index is 252. The molecule has 0 aromatic carbocycles. The van der Waals surface area contributed by atoms with Gasteiger partial charge in [-0.1, -0.05) is 0 Å². The zero-order valence-electron chi connectivity index (χ0n) is 8.47. The molecule has 84 valence electrons. The fraction of sp³-hybridized carbons (Fsp3) is 0.500. The van der Waals surface area contributed by atoms with E-state index in [4.69, 9.17) is 26.5 Å². The van der Waals surface area contributed by atoms with E-state index in [0.717, 1.165) is 0 Å². The highest BCUT2D eigenvalue weighted by Crippen LogP contribution is 1.86. The molecule has 0 heterocycles. The normalized spacial score (nSPS) is 8.60. The standard InChI is InChI=1S/C4H7NO4.2C2H3N/c5-2(4(8)9)1-3(6)7;2*1-2-3/h2H,1,5H2,(H,6,7)(H,8,9);2*1H3/t2-;;/m0../s1. The molecular weight excluding hydrogens is 202 g/mol. The predicted octanol–water partition coefficient (Wildman–Crippen LogP) is -0.0672. The topological polar surface area (TPSA) is 148 Å². The van der Waals surface area contributed by atoms with Crippen LogP contribution in [-0.4, -0.2) is 28.2 Å². The number of carbonyl (C=O) groups is 2. The molecule has 0 bridgehead atoms. The fourth-order valence-corrected chi connectivity index (χ4v) is 0.275. The second-order valence-corrected chi connectivity index (χ2v) is 1.99. The van der Waals surface area contributed by atoms with Crippen LogP contribution in [-0.2, 0) is 9.59 Å². The number of hydrogen-bond donors (Lipinski definition) is 3. The lowest BCUT2D eigenvalue weighted by molar-refractivity contribution is -0.144. The number of nitrogens with zero attached hydrogens (tertiary/aromatic N) is 2. The van der Waals surface area contributed by atoms with Crippen molar-refractivity contribution in [2.45, 2.75) is 26.3 Å². The molecule has 4 N–H and O–H groups in total. The van der Waals surface area contributed by atoms with Gasteiger partial charge in [-0.25, -0.2) is 0 Å². The summed E-state index contributed by atoms with van der Waals surface area (Å²) in [7, 11) is 0. The molecule has 0 aromatic rings. The van der Waals surface area contributed by atoms with Crippen LogP contribution in [0.15, 0.2) is 0 Å². The molecule has 0 aromatic heterocycles. The van der Waals surface area contributed by atoms with Crippen molar-refractivity contribution < 1.29 is 19.8 Å². The van der Waals surface area contributed by atoms with Crippen LogP contribution in [0.3, 0.4) is 0 Å². The summed E-state index contributed by atoms with van der Waals surface area (Å²) >= 11 is 0. The summed E-state index contributed by atoms with van der Waals surface area (Å²) in [6.07, 6.45) is -0.532. The zero-order valence-corrected chi connectivity index (χ0v) is 8.47. The Kier molecular flexibility index (Phi) is 17.9. The zero-order chi connectivity index (χ0) is 12.9. The van der Waals surface area contributed by atoms with Crippen molar-refractivity contribution in [2.24, 2.45) is 5.73 Å². The van der Waals surface area contributed by atoms with Crippen LogP contribution in [0, 0.1) is 22.7 Å². The fourth-order valence-electron chi connectivity index (χ4n) is 0.275. The highest BCUT2D eigenvalue weighted by Gasteiger charge is 2.14. The third-order valence-electron chi connectivity index (χ3n) is 0.712. The van der Waals surface area contributed by atoms with E-state index in [1.165, 1.54) is 13.8 Å². The molecule has 0 unspecified atom stereocenters. The van der Waals surface area contributed by atoms with Crippen molar-refractivity contribution in [3.05, 3.63) is 0 Å². The Balaban J connectivity index is -0.000000200. The molecule has 0 aliphatic rings. The van der Waals surface area contributed by atoms with Crippen LogP contribution in [0.5, 0.6) is 0 Å². The van der Waals surface area contributed by atoms with Crippen LogP contribution in [0.4, 0.5) is 0 Å². The Hall–Kier alpha value is -2.12. The molecule has 0 aliphatic carbocycles. The van der Waals surface area contributed by atoms with Gasteiger partial charge in [0.1, 0.15) is 6.04 Å². The molecule has 0 rings (SSSR count). The summed E-state index contributed by atoms with van der Waals surface area (Å²) in [6, 6.07) is 2.21. The van der Waals surface area contributed by atoms with Crippen LogP contribution >= 0.6 is 0 Å². The number of hydrogen-bond acceptors (Lipinski definition) is 5. The van der Waals surface area contributed by atoms with E-state index in [1.807, 2.05) is 0 Å². The first-order valence-electron chi connectivity index (χ1n) is 3.69. The molecule has 0 spiro atoms. The third-order valence-corrected chi connectivity index (χ3v) is 0.712. The van der Waals surface area contributed by atoms with Crippen molar-refractivity contribution >= 4 is 11.9 Å². The summed E-state index contributed by atoms with van der Waals surface area (Å²) in [5, 5.41) is 30.7. The van der Waals surface area contributed by atoms with Crippen LogP contribution in [0.25, 0.3) is 0 Å². The number of nitrogens with two attached hydrogens (primary N) is 1. The largest absolute Gasteiger partial charge is 0.481 e. The van der Waals surface area contributed by atoms with Gasteiger partial charge in [0.25, 0.3) is 0 Å². The molecule has 0 radical (unpaired) electrons. The molecular formula is C8H13N3O4. The minimum atomic E-state index is -1.29. The molecule has 15 heavy (non-hydrogen) atoms. The molecule has 0 saturated heterocycles. The maximum Gasteiger partial charge on any atom is 0.321 e. The molecule has 0 aliphatic heterocycles. The van der Waals surface area contributed by atoms with Gasteiger partial charge < -0.3 is 15.9 Å². The molecule has 0 amide bonds. The first-order valence-corrected chi connectivity index (χ1v) is 3.69. The van der Waals surface area contributed by atoms with E-state index >= 15 is 0 Å². The van der Waals surface area contributed by atoms with Gasteiger partial charge in [-0.2, -0.15) is 10.5 Å². The molecule has 7 heteroatoms. The summed E-state index contributed by atoms with van der Waals surface area (Å²) in [5.41, 5.74) is 4.84. The number of nitriles is 2. The predicted molar refractivity (Wildman–Crippen MR) is 50.4 cm³/mol. The van der Waals surface area contributed by atoms with Crippen molar-refractivity contribution in [3.8, 4) is 12.1 Å². The molecule has 7 nitrogen and oxygen atoms in total. The van der Waals surface area contributed by atoms with Crippen LogP contribution in [0.1, 0.15) is 20.3 Å². The summed E-state index contributed by atoms with van der Waals surface area (Å²) in [6.45, 7) is 2.86. The first kappa shape index (κ1) is 18.6. The van der Waals surface area contributed by atoms with Gasteiger partial charge in [0.05, 0.1) is 18.6 Å². The number of aliphatic carboxylic acids is 2. The maximum atomic E-state index is 9.85. The third kappa shape index (κ3) is 33.5. The average Bonchev–Trinajstić information content (AvgIpc) is 2.05. The molecule has 1 atom stereocenters. The quantitative estimate of drug-likeness (QED) is 0.596. The lowest BCUT2D eigenvalue weighted by Gasteiger charge is -1.99. The smallest absolute Gasteiger partial charge is 0.321 e. The highest BCUT2D eigenvalue weighted by molar-refractivity contribution is 5.80. The van der Waals surface area contributed by atoms with Gasteiger partial charge in [0.2, 0.25) is 0 Å². The van der Waals surface area contributed by atoms with Crippen molar-refractivity contribution in [2.75, 3.05) is 0 Å². The maximum absolute atomic E-state index is 9.85. The molecule has 0 saturated carbocycles. The van der Waals surface area contributed by atoms with Crippen LogP contribution < -0.4 is 5.73 Å². The molecule has 0 fully saturated rings. The Morgan fingerprint density at radius 1 is 1.27 bits per heavy atom. The van der Waals surface area contributed by atoms with E-state index < -0.39 is 24.4 Å². The van der Waals surface area contributed by atoms with Gasteiger partial charge in [-0.3, -0.25) is 9.59 Å². The monoisotopic (exact) mass is 215 g/mol. The van der Waals surface area contributed by atoms with E-state index in [2.05, 4.69) is 0 Å². The Morgan fingerprint density at radius 3 is 1.60 bits per heavy atom. The number of rotatable bonds is 3.